The van der Waals surface area contributed by atoms with Gasteiger partial charge in [0.05, 0.1) is 11.6 Å². The standard InChI is InChI=1S/C14H14BrIN2O/c1-19-14-8-13(16)10(7-12(14)15)9-17-18-11-5-3-2-4-6-11/h2-8,17-18H,9H2,1H3. The maximum absolute atomic E-state index is 5.27. The minimum atomic E-state index is 0.732. The van der Waals surface area contributed by atoms with Crippen LogP contribution in [0.5, 0.6) is 5.75 Å². The van der Waals surface area contributed by atoms with Gasteiger partial charge in [-0.25, -0.2) is 5.43 Å². The van der Waals surface area contributed by atoms with Gasteiger partial charge < -0.3 is 10.2 Å². The maximum atomic E-state index is 5.27. The van der Waals surface area contributed by atoms with Crippen molar-refractivity contribution in [2.75, 3.05) is 12.5 Å². The van der Waals surface area contributed by atoms with Crippen LogP contribution in [0.3, 0.4) is 0 Å². The molecule has 0 amide bonds. The van der Waals surface area contributed by atoms with Gasteiger partial charge >= 0.3 is 0 Å². The number of rotatable bonds is 5. The second-order valence-corrected chi connectivity index (χ2v) is 5.94. The molecule has 0 atom stereocenters. The summed E-state index contributed by atoms with van der Waals surface area (Å²) in [5.41, 5.74) is 8.63. The summed E-state index contributed by atoms with van der Waals surface area (Å²) < 4.78 is 7.40. The van der Waals surface area contributed by atoms with E-state index in [0.29, 0.717) is 0 Å². The van der Waals surface area contributed by atoms with Crippen LogP contribution in [0.15, 0.2) is 46.9 Å². The molecule has 0 radical (unpaired) electrons. The summed E-state index contributed by atoms with van der Waals surface area (Å²) in [4.78, 5) is 0. The van der Waals surface area contributed by atoms with Gasteiger partial charge in [0.25, 0.3) is 0 Å². The molecule has 0 aliphatic rings. The van der Waals surface area contributed by atoms with Crippen molar-refractivity contribution in [1.29, 1.82) is 0 Å². The molecule has 0 saturated heterocycles. The topological polar surface area (TPSA) is 33.3 Å². The second kappa shape index (κ2) is 7.12. The molecule has 100 valence electrons. The number of benzene rings is 2. The van der Waals surface area contributed by atoms with E-state index in [9.17, 15) is 0 Å². The third-order valence-corrected chi connectivity index (χ3v) is 4.23. The summed E-state index contributed by atoms with van der Waals surface area (Å²) in [5.74, 6) is 0.851. The normalized spacial score (nSPS) is 10.3. The summed E-state index contributed by atoms with van der Waals surface area (Å²) >= 11 is 5.81. The lowest BCUT2D eigenvalue weighted by Gasteiger charge is -2.12. The fourth-order valence-corrected chi connectivity index (χ4v) is 2.81. The number of methoxy groups -OCH3 is 1. The van der Waals surface area contributed by atoms with E-state index in [1.54, 1.807) is 7.11 Å². The molecule has 5 heteroatoms. The van der Waals surface area contributed by atoms with Crippen LogP contribution in [0.25, 0.3) is 0 Å². The smallest absolute Gasteiger partial charge is 0.134 e. The zero-order valence-electron chi connectivity index (χ0n) is 10.4. The van der Waals surface area contributed by atoms with Gasteiger partial charge in [-0.1, -0.05) is 18.2 Å². The van der Waals surface area contributed by atoms with E-state index in [4.69, 9.17) is 4.74 Å². The SMILES string of the molecule is COc1cc(I)c(CNNc2ccccc2)cc1Br. The van der Waals surface area contributed by atoms with Gasteiger partial charge in [0.2, 0.25) is 0 Å². The highest BCUT2D eigenvalue weighted by Crippen LogP contribution is 2.29. The predicted octanol–water partition coefficient (Wildman–Crippen LogP) is 4.18. The highest BCUT2D eigenvalue weighted by atomic mass is 127. The van der Waals surface area contributed by atoms with E-state index < -0.39 is 0 Å². The number of anilines is 1. The third kappa shape index (κ3) is 4.09. The van der Waals surface area contributed by atoms with Crippen molar-refractivity contribution < 1.29 is 4.74 Å². The Kier molecular flexibility index (Phi) is 5.47. The Balaban J connectivity index is 1.98. The minimum Gasteiger partial charge on any atom is -0.496 e. The van der Waals surface area contributed by atoms with Crippen LogP contribution in [0, 0.1) is 3.57 Å². The first-order valence-corrected chi connectivity index (χ1v) is 7.63. The lowest BCUT2D eigenvalue weighted by Crippen LogP contribution is -2.21. The largest absolute Gasteiger partial charge is 0.496 e. The van der Waals surface area contributed by atoms with Crippen molar-refractivity contribution in [3.05, 3.63) is 56.1 Å². The number of hydrazine groups is 1. The molecule has 0 aliphatic carbocycles. The van der Waals surface area contributed by atoms with Gasteiger partial charge in [-0.2, -0.15) is 0 Å². The van der Waals surface area contributed by atoms with Gasteiger partial charge in [0, 0.05) is 15.8 Å². The predicted molar refractivity (Wildman–Crippen MR) is 90.3 cm³/mol. The van der Waals surface area contributed by atoms with Crippen molar-refractivity contribution in [3.63, 3.8) is 0 Å². The Bertz CT molecular complexity index is 549. The summed E-state index contributed by atoms with van der Waals surface area (Å²) in [6, 6.07) is 14.1. The molecular formula is C14H14BrIN2O. The molecular weight excluding hydrogens is 419 g/mol. The van der Waals surface area contributed by atoms with E-state index in [2.05, 4.69) is 55.4 Å². The van der Waals surface area contributed by atoms with Crippen LogP contribution in [-0.4, -0.2) is 7.11 Å². The van der Waals surface area contributed by atoms with E-state index in [-0.39, 0.29) is 0 Å². The Labute approximate surface area is 135 Å². The highest BCUT2D eigenvalue weighted by molar-refractivity contribution is 14.1. The molecule has 2 rings (SSSR count). The second-order valence-electron chi connectivity index (χ2n) is 3.92. The van der Waals surface area contributed by atoms with Crippen molar-refractivity contribution >= 4 is 44.2 Å². The number of ether oxygens (including phenoxy) is 1. The molecule has 0 spiro atoms. The van der Waals surface area contributed by atoms with Gasteiger partial charge in [0.15, 0.2) is 0 Å². The molecule has 3 nitrogen and oxygen atoms in total. The molecule has 0 saturated carbocycles. The van der Waals surface area contributed by atoms with E-state index >= 15 is 0 Å². The molecule has 0 aromatic heterocycles. The molecule has 2 aromatic carbocycles. The van der Waals surface area contributed by atoms with Gasteiger partial charge in [0.1, 0.15) is 5.75 Å². The Morgan fingerprint density at radius 3 is 2.63 bits per heavy atom. The molecule has 2 aromatic rings. The quantitative estimate of drug-likeness (QED) is 0.549. The van der Waals surface area contributed by atoms with Gasteiger partial charge in [-0.15, -0.1) is 0 Å². The molecule has 19 heavy (non-hydrogen) atoms. The summed E-state index contributed by atoms with van der Waals surface area (Å²) in [5, 5.41) is 0. The first-order valence-electron chi connectivity index (χ1n) is 5.76. The Morgan fingerprint density at radius 2 is 1.95 bits per heavy atom. The monoisotopic (exact) mass is 432 g/mol. The first kappa shape index (κ1) is 14.6. The fourth-order valence-electron chi connectivity index (χ4n) is 1.62. The van der Waals surface area contributed by atoms with Crippen LogP contribution >= 0.6 is 38.5 Å². The molecule has 0 heterocycles. The molecule has 0 unspecified atom stereocenters. The third-order valence-electron chi connectivity index (χ3n) is 2.61. The van der Waals surface area contributed by atoms with Crippen molar-refractivity contribution in [2.24, 2.45) is 0 Å². The van der Waals surface area contributed by atoms with E-state index in [0.717, 1.165) is 22.5 Å². The van der Waals surface area contributed by atoms with Crippen molar-refractivity contribution in [2.45, 2.75) is 6.54 Å². The van der Waals surface area contributed by atoms with E-state index in [1.807, 2.05) is 36.4 Å². The van der Waals surface area contributed by atoms with Crippen molar-refractivity contribution in [3.8, 4) is 5.75 Å². The van der Waals surface area contributed by atoms with Crippen molar-refractivity contribution in [1.82, 2.24) is 5.43 Å². The summed E-state index contributed by atoms with van der Waals surface area (Å²) in [6.07, 6.45) is 0. The number of halogens is 2. The summed E-state index contributed by atoms with van der Waals surface area (Å²) in [7, 11) is 1.67. The van der Waals surface area contributed by atoms with Gasteiger partial charge in [-0.3, -0.25) is 0 Å². The van der Waals surface area contributed by atoms with Crippen LogP contribution in [0.4, 0.5) is 5.69 Å². The lowest BCUT2D eigenvalue weighted by atomic mass is 10.2. The maximum Gasteiger partial charge on any atom is 0.134 e. The van der Waals surface area contributed by atoms with E-state index in [1.165, 1.54) is 9.13 Å². The highest BCUT2D eigenvalue weighted by Gasteiger charge is 2.06. The fraction of sp³-hybridized carbons (Fsp3) is 0.143. The molecule has 0 aliphatic heterocycles. The zero-order valence-corrected chi connectivity index (χ0v) is 14.2. The first-order chi connectivity index (χ1) is 9.20. The Hall–Kier alpha value is -0.790. The number of para-hydroxylation sites is 1. The molecule has 0 fully saturated rings. The Morgan fingerprint density at radius 1 is 1.21 bits per heavy atom. The van der Waals surface area contributed by atoms with Crippen LogP contribution in [0.1, 0.15) is 5.56 Å². The molecule has 0 bridgehead atoms. The average Bonchev–Trinajstić information content (AvgIpc) is 2.43. The van der Waals surface area contributed by atoms with Crippen LogP contribution < -0.4 is 15.6 Å². The zero-order chi connectivity index (χ0) is 13.7. The minimum absolute atomic E-state index is 0.732. The summed E-state index contributed by atoms with van der Waals surface area (Å²) in [6.45, 7) is 0.732. The number of hydrogen-bond donors (Lipinski definition) is 2. The number of nitrogens with one attached hydrogen (secondary N) is 2. The lowest BCUT2D eigenvalue weighted by molar-refractivity contribution is 0.411. The van der Waals surface area contributed by atoms with Gasteiger partial charge in [-0.05, 0) is 68.3 Å². The van der Waals surface area contributed by atoms with Crippen LogP contribution in [0.2, 0.25) is 0 Å². The average molecular weight is 433 g/mol. The number of hydrogen-bond acceptors (Lipinski definition) is 3. The molecule has 2 N–H and O–H groups in total. The van der Waals surface area contributed by atoms with Crippen LogP contribution in [-0.2, 0) is 6.54 Å².